The summed E-state index contributed by atoms with van der Waals surface area (Å²) in [6.07, 6.45) is 10.6. The quantitative estimate of drug-likeness (QED) is 0.351. The standard InChI is InChI=1S/C24H16/c1-2-16-4-3-5-23(21-12-8-17-6-10-19(17)14-21)24(16)22-13-9-18-7-11-20(18)15-22/h2-15H,1H2. The monoisotopic (exact) mass is 304 g/mol. The first-order chi connectivity index (χ1) is 11.8. The van der Waals surface area contributed by atoms with E-state index in [-0.39, 0.29) is 0 Å². The highest BCUT2D eigenvalue weighted by Crippen LogP contribution is 2.39. The van der Waals surface area contributed by atoms with E-state index in [2.05, 4.69) is 85.5 Å². The van der Waals surface area contributed by atoms with Gasteiger partial charge in [0.15, 0.2) is 0 Å². The lowest BCUT2D eigenvalue weighted by Crippen LogP contribution is -1.95. The lowest BCUT2D eigenvalue weighted by molar-refractivity contribution is 1.51. The van der Waals surface area contributed by atoms with Gasteiger partial charge in [-0.3, -0.25) is 0 Å². The largest absolute Gasteiger partial charge is 0.0984 e. The molecule has 5 rings (SSSR count). The molecule has 0 nitrogen and oxygen atoms in total. The van der Waals surface area contributed by atoms with Crippen LogP contribution in [0, 0.1) is 0 Å². The zero-order valence-corrected chi connectivity index (χ0v) is 13.3. The van der Waals surface area contributed by atoms with Crippen LogP contribution in [-0.4, -0.2) is 0 Å². The van der Waals surface area contributed by atoms with Gasteiger partial charge in [-0.15, -0.1) is 0 Å². The average molecular weight is 304 g/mol. The van der Waals surface area contributed by atoms with Crippen molar-refractivity contribution in [3.05, 3.63) is 89.0 Å². The molecule has 0 aromatic heterocycles. The first-order valence-electron chi connectivity index (χ1n) is 8.24. The predicted molar refractivity (Wildman–Crippen MR) is 105 cm³/mol. The van der Waals surface area contributed by atoms with E-state index in [1.54, 1.807) is 0 Å². The average Bonchev–Trinajstić information content (AvgIpc) is 2.57. The zero-order valence-electron chi connectivity index (χ0n) is 13.3. The van der Waals surface area contributed by atoms with Gasteiger partial charge in [0.05, 0.1) is 0 Å². The molecule has 0 unspecified atom stereocenters. The highest BCUT2D eigenvalue weighted by molar-refractivity contribution is 5.95. The fraction of sp³-hybridized carbons (Fsp3) is 0. The summed E-state index contributed by atoms with van der Waals surface area (Å²) in [7, 11) is 0. The molecular formula is C24H16. The summed E-state index contributed by atoms with van der Waals surface area (Å²) in [6.45, 7) is 4.02. The van der Waals surface area contributed by atoms with Gasteiger partial charge in [-0.2, -0.15) is 0 Å². The molecule has 0 amide bonds. The minimum atomic E-state index is 1.17. The van der Waals surface area contributed by atoms with E-state index in [4.69, 9.17) is 0 Å². The molecule has 0 heteroatoms. The fourth-order valence-electron chi connectivity index (χ4n) is 3.53. The van der Waals surface area contributed by atoms with Crippen LogP contribution in [0.1, 0.15) is 27.8 Å². The van der Waals surface area contributed by atoms with E-state index in [0.29, 0.717) is 0 Å². The minimum Gasteiger partial charge on any atom is -0.0984 e. The molecule has 2 aliphatic rings. The van der Waals surface area contributed by atoms with Crippen LogP contribution in [0.4, 0.5) is 0 Å². The van der Waals surface area contributed by atoms with Crippen molar-refractivity contribution >= 4 is 30.4 Å². The second-order valence-electron chi connectivity index (χ2n) is 6.33. The van der Waals surface area contributed by atoms with Gasteiger partial charge in [0.2, 0.25) is 0 Å². The molecule has 0 atom stereocenters. The molecule has 0 N–H and O–H groups in total. The van der Waals surface area contributed by atoms with E-state index < -0.39 is 0 Å². The number of benzene rings is 3. The van der Waals surface area contributed by atoms with Crippen molar-refractivity contribution in [2.75, 3.05) is 0 Å². The smallest absolute Gasteiger partial charge is 0.00328 e. The third-order valence-electron chi connectivity index (χ3n) is 4.97. The highest BCUT2D eigenvalue weighted by Gasteiger charge is 2.15. The summed E-state index contributed by atoms with van der Waals surface area (Å²) in [4.78, 5) is 0. The van der Waals surface area contributed by atoms with Gasteiger partial charge >= 0.3 is 0 Å². The number of fused-ring (bicyclic) bond motifs is 2. The Morgan fingerprint density at radius 1 is 0.625 bits per heavy atom. The Hall–Kier alpha value is -3.12. The van der Waals surface area contributed by atoms with Gasteiger partial charge in [-0.1, -0.05) is 79.4 Å². The molecular weight excluding hydrogens is 288 g/mol. The van der Waals surface area contributed by atoms with Crippen LogP contribution in [0.25, 0.3) is 52.6 Å². The summed E-state index contributed by atoms with van der Waals surface area (Å²) >= 11 is 0. The molecule has 0 radical (unpaired) electrons. The first-order valence-corrected chi connectivity index (χ1v) is 8.24. The van der Waals surface area contributed by atoms with Crippen molar-refractivity contribution < 1.29 is 0 Å². The van der Waals surface area contributed by atoms with Crippen LogP contribution >= 0.6 is 0 Å². The summed E-state index contributed by atoms with van der Waals surface area (Å²) < 4.78 is 0. The van der Waals surface area contributed by atoms with Crippen LogP contribution in [-0.2, 0) is 0 Å². The van der Waals surface area contributed by atoms with E-state index in [0.717, 1.165) is 0 Å². The Labute approximate surface area is 142 Å². The van der Waals surface area contributed by atoms with Crippen molar-refractivity contribution in [1.82, 2.24) is 0 Å². The molecule has 3 aromatic rings. The lowest BCUT2D eigenvalue weighted by Gasteiger charge is -2.18. The molecule has 0 saturated carbocycles. The maximum atomic E-state index is 4.02. The van der Waals surface area contributed by atoms with Crippen LogP contribution < -0.4 is 0 Å². The summed E-state index contributed by atoms with van der Waals surface area (Å²) in [5.41, 5.74) is 11.5. The number of hydrogen-bond acceptors (Lipinski definition) is 0. The molecule has 2 aliphatic carbocycles. The highest BCUT2D eigenvalue weighted by atomic mass is 14.2. The summed E-state index contributed by atoms with van der Waals surface area (Å²) in [6, 6.07) is 19.9. The van der Waals surface area contributed by atoms with Gasteiger partial charge in [0.25, 0.3) is 0 Å². The Morgan fingerprint density at radius 2 is 1.25 bits per heavy atom. The van der Waals surface area contributed by atoms with Crippen LogP contribution in [0.2, 0.25) is 0 Å². The molecule has 112 valence electrons. The molecule has 0 bridgehead atoms. The molecule has 0 spiro atoms. The molecule has 0 fully saturated rings. The van der Waals surface area contributed by atoms with Crippen molar-refractivity contribution in [3.8, 4) is 22.3 Å². The van der Waals surface area contributed by atoms with Gasteiger partial charge in [-0.05, 0) is 62.2 Å². The normalized spacial score (nSPS) is 12.8. The third kappa shape index (κ3) is 1.87. The summed E-state index contributed by atoms with van der Waals surface area (Å²) in [5.74, 6) is 0. The fourth-order valence-corrected chi connectivity index (χ4v) is 3.53. The Morgan fingerprint density at radius 3 is 1.83 bits per heavy atom. The van der Waals surface area contributed by atoms with E-state index in [9.17, 15) is 0 Å². The van der Waals surface area contributed by atoms with Crippen molar-refractivity contribution in [2.24, 2.45) is 0 Å². The molecule has 3 aromatic carbocycles. The molecule has 0 saturated heterocycles. The lowest BCUT2D eigenvalue weighted by atomic mass is 9.85. The number of rotatable bonds is 3. The van der Waals surface area contributed by atoms with Gasteiger partial charge in [-0.25, -0.2) is 0 Å². The van der Waals surface area contributed by atoms with E-state index in [1.165, 1.54) is 50.1 Å². The Bertz CT molecular complexity index is 1060. The third-order valence-corrected chi connectivity index (χ3v) is 4.97. The number of hydrogen-bond donors (Lipinski definition) is 0. The minimum absolute atomic E-state index is 1.17. The van der Waals surface area contributed by atoms with E-state index >= 15 is 0 Å². The van der Waals surface area contributed by atoms with Crippen molar-refractivity contribution in [1.29, 1.82) is 0 Å². The summed E-state index contributed by atoms with van der Waals surface area (Å²) in [5, 5.41) is 0. The van der Waals surface area contributed by atoms with Crippen LogP contribution in [0.15, 0.2) is 61.2 Å². The second kappa shape index (κ2) is 4.94. The molecule has 0 aliphatic heterocycles. The predicted octanol–water partition coefficient (Wildman–Crippen LogP) is 6.63. The topological polar surface area (TPSA) is 0 Å². The maximum Gasteiger partial charge on any atom is -0.00328 e. The Balaban J connectivity index is 1.74. The first kappa shape index (κ1) is 13.3. The SMILES string of the molecule is C=Cc1cccc(-c2ccc3c(c2)C=C3)c1-c1ccc2c(c1)C=C2. The molecule has 0 heterocycles. The zero-order chi connectivity index (χ0) is 16.1. The van der Waals surface area contributed by atoms with Crippen LogP contribution in [0.3, 0.4) is 0 Å². The van der Waals surface area contributed by atoms with Gasteiger partial charge in [0.1, 0.15) is 0 Å². The van der Waals surface area contributed by atoms with Gasteiger partial charge in [0, 0.05) is 0 Å². The van der Waals surface area contributed by atoms with Gasteiger partial charge < -0.3 is 0 Å². The second-order valence-corrected chi connectivity index (χ2v) is 6.33. The maximum absolute atomic E-state index is 4.02. The van der Waals surface area contributed by atoms with Crippen molar-refractivity contribution in [3.63, 3.8) is 0 Å². The molecule has 24 heavy (non-hydrogen) atoms. The van der Waals surface area contributed by atoms with Crippen LogP contribution in [0.5, 0.6) is 0 Å². The van der Waals surface area contributed by atoms with E-state index in [1.807, 2.05) is 6.08 Å². The Kier molecular flexibility index (Phi) is 2.74. The van der Waals surface area contributed by atoms with Crippen molar-refractivity contribution in [2.45, 2.75) is 0 Å².